The molecule has 1 unspecified atom stereocenters. The van der Waals surface area contributed by atoms with Gasteiger partial charge >= 0.3 is 0 Å². The van der Waals surface area contributed by atoms with Crippen LogP contribution in [0.25, 0.3) is 0 Å². The monoisotopic (exact) mass is 264 g/mol. The Morgan fingerprint density at radius 2 is 1.74 bits per heavy atom. The van der Waals surface area contributed by atoms with E-state index in [1.165, 1.54) is 0 Å². The van der Waals surface area contributed by atoms with Crippen LogP contribution < -0.4 is 5.32 Å². The second kappa shape index (κ2) is 4.50. The van der Waals surface area contributed by atoms with Crippen molar-refractivity contribution in [3.63, 3.8) is 0 Å². The van der Waals surface area contributed by atoms with E-state index in [-0.39, 0.29) is 30.4 Å². The zero-order valence-corrected chi connectivity index (χ0v) is 11.9. The van der Waals surface area contributed by atoms with Crippen molar-refractivity contribution < 1.29 is 9.59 Å². The lowest BCUT2D eigenvalue weighted by atomic mass is 9.75. The summed E-state index contributed by atoms with van der Waals surface area (Å²) in [4.78, 5) is 26.2. The van der Waals surface area contributed by atoms with Crippen molar-refractivity contribution in [2.75, 3.05) is 6.54 Å². The van der Waals surface area contributed by atoms with E-state index in [1.807, 2.05) is 4.90 Å². The molecule has 1 N–H and O–H groups in total. The average Bonchev–Trinajstić information content (AvgIpc) is 3.16. The van der Waals surface area contributed by atoms with Crippen molar-refractivity contribution in [2.24, 2.45) is 11.3 Å². The second-order valence-corrected chi connectivity index (χ2v) is 7.24. The van der Waals surface area contributed by atoms with Gasteiger partial charge in [0.15, 0.2) is 0 Å². The van der Waals surface area contributed by atoms with Crippen molar-refractivity contribution in [2.45, 2.75) is 64.5 Å². The molecule has 0 aromatic rings. The minimum absolute atomic E-state index is 0.0290. The topological polar surface area (TPSA) is 49.4 Å². The van der Waals surface area contributed by atoms with Gasteiger partial charge in [0.05, 0.1) is 6.54 Å². The van der Waals surface area contributed by atoms with Crippen LogP contribution >= 0.6 is 0 Å². The maximum absolute atomic E-state index is 12.5. The van der Waals surface area contributed by atoms with Gasteiger partial charge in [-0.05, 0) is 49.9 Å². The Labute approximate surface area is 114 Å². The zero-order chi connectivity index (χ0) is 13.6. The number of nitrogens with zero attached hydrogens (tertiary/aromatic N) is 1. The Morgan fingerprint density at radius 3 is 2.32 bits per heavy atom. The van der Waals surface area contributed by atoms with Crippen LogP contribution in [0.2, 0.25) is 0 Å². The van der Waals surface area contributed by atoms with Crippen molar-refractivity contribution in [3.8, 4) is 0 Å². The molecule has 2 amide bonds. The first-order valence-corrected chi connectivity index (χ1v) is 7.56. The summed E-state index contributed by atoms with van der Waals surface area (Å²) in [5, 5.41) is 2.88. The molecule has 1 saturated heterocycles. The Kier molecular flexibility index (Phi) is 3.06. The first kappa shape index (κ1) is 12.9. The third kappa shape index (κ3) is 2.63. The molecule has 1 heterocycles. The molecule has 4 nitrogen and oxygen atoms in total. The third-order valence-electron chi connectivity index (χ3n) is 5.02. The Hall–Kier alpha value is -1.06. The predicted molar refractivity (Wildman–Crippen MR) is 72.4 cm³/mol. The maximum atomic E-state index is 12.5. The van der Waals surface area contributed by atoms with Crippen LogP contribution in [-0.4, -0.2) is 35.3 Å². The highest BCUT2D eigenvalue weighted by Gasteiger charge is 2.45. The second-order valence-electron chi connectivity index (χ2n) is 7.24. The highest BCUT2D eigenvalue weighted by molar-refractivity contribution is 5.95. The molecule has 1 atom stereocenters. The van der Waals surface area contributed by atoms with E-state index >= 15 is 0 Å². The molecule has 19 heavy (non-hydrogen) atoms. The Balaban J connectivity index is 1.69. The van der Waals surface area contributed by atoms with Crippen molar-refractivity contribution in [3.05, 3.63) is 0 Å². The van der Waals surface area contributed by atoms with Crippen molar-refractivity contribution in [1.29, 1.82) is 0 Å². The number of hydrogen-bond acceptors (Lipinski definition) is 2. The van der Waals surface area contributed by atoms with E-state index in [1.54, 1.807) is 0 Å². The quantitative estimate of drug-likeness (QED) is 0.825. The SMILES string of the molecule is CC1(C)CCC(N2CC(=O)NC(C3CC3)C2=O)CC1. The summed E-state index contributed by atoms with van der Waals surface area (Å²) >= 11 is 0. The summed E-state index contributed by atoms with van der Waals surface area (Å²) in [5.41, 5.74) is 0.396. The van der Waals surface area contributed by atoms with Crippen LogP contribution in [0.4, 0.5) is 0 Å². The Bertz CT molecular complexity index is 391. The molecule has 0 radical (unpaired) electrons. The third-order valence-corrected chi connectivity index (χ3v) is 5.02. The van der Waals surface area contributed by atoms with Crippen LogP contribution in [0.5, 0.6) is 0 Å². The lowest BCUT2D eigenvalue weighted by Gasteiger charge is -2.43. The molecule has 0 bridgehead atoms. The molecular formula is C15H24N2O2. The molecule has 106 valence electrons. The summed E-state index contributed by atoms with van der Waals surface area (Å²) in [6, 6.07) is 0.0593. The molecule has 3 fully saturated rings. The molecule has 3 rings (SSSR count). The largest absolute Gasteiger partial charge is 0.342 e. The van der Waals surface area contributed by atoms with Crippen LogP contribution in [0, 0.1) is 11.3 Å². The van der Waals surface area contributed by atoms with E-state index < -0.39 is 0 Å². The zero-order valence-electron chi connectivity index (χ0n) is 11.9. The van der Waals surface area contributed by atoms with E-state index in [0.717, 1.165) is 38.5 Å². The summed E-state index contributed by atoms with van der Waals surface area (Å²) in [5.74, 6) is 0.604. The van der Waals surface area contributed by atoms with Gasteiger partial charge in [0.2, 0.25) is 11.8 Å². The van der Waals surface area contributed by atoms with E-state index in [9.17, 15) is 9.59 Å². The Morgan fingerprint density at radius 1 is 1.11 bits per heavy atom. The number of nitrogens with one attached hydrogen (secondary N) is 1. The van der Waals surface area contributed by atoms with E-state index in [0.29, 0.717) is 11.3 Å². The van der Waals surface area contributed by atoms with Gasteiger partial charge in [0.25, 0.3) is 0 Å². The number of piperazine rings is 1. The fraction of sp³-hybridized carbons (Fsp3) is 0.867. The van der Waals surface area contributed by atoms with Crippen LogP contribution in [0.1, 0.15) is 52.4 Å². The van der Waals surface area contributed by atoms with Gasteiger partial charge in [-0.3, -0.25) is 9.59 Å². The lowest BCUT2D eigenvalue weighted by Crippen LogP contribution is -2.61. The smallest absolute Gasteiger partial charge is 0.246 e. The molecular weight excluding hydrogens is 240 g/mol. The van der Waals surface area contributed by atoms with Gasteiger partial charge < -0.3 is 10.2 Å². The summed E-state index contributed by atoms with van der Waals surface area (Å²) in [6.45, 7) is 4.86. The lowest BCUT2D eigenvalue weighted by molar-refractivity contribution is -0.148. The van der Waals surface area contributed by atoms with Gasteiger partial charge in [-0.25, -0.2) is 0 Å². The minimum Gasteiger partial charge on any atom is -0.342 e. The van der Waals surface area contributed by atoms with Crippen LogP contribution in [-0.2, 0) is 9.59 Å². The molecule has 0 aromatic carbocycles. The predicted octanol–water partition coefficient (Wildman–Crippen LogP) is 1.69. The fourth-order valence-electron chi connectivity index (χ4n) is 3.45. The number of amides is 2. The maximum Gasteiger partial charge on any atom is 0.246 e. The van der Waals surface area contributed by atoms with E-state index in [4.69, 9.17) is 0 Å². The van der Waals surface area contributed by atoms with Gasteiger partial charge in [-0.15, -0.1) is 0 Å². The highest BCUT2D eigenvalue weighted by Crippen LogP contribution is 2.39. The molecule has 2 aliphatic carbocycles. The molecule has 0 spiro atoms. The number of carbonyl (C=O) groups excluding carboxylic acids is 2. The molecule has 2 saturated carbocycles. The van der Waals surface area contributed by atoms with Crippen molar-refractivity contribution in [1.82, 2.24) is 10.2 Å². The molecule has 3 aliphatic rings. The average molecular weight is 264 g/mol. The number of hydrogen-bond donors (Lipinski definition) is 1. The summed E-state index contributed by atoms with van der Waals surface area (Å²) in [6.07, 6.45) is 6.56. The van der Waals surface area contributed by atoms with Gasteiger partial charge in [0, 0.05) is 6.04 Å². The first-order valence-electron chi connectivity index (χ1n) is 7.56. The van der Waals surface area contributed by atoms with Crippen LogP contribution in [0.3, 0.4) is 0 Å². The number of carbonyl (C=O) groups is 2. The normalized spacial score (nSPS) is 32.3. The van der Waals surface area contributed by atoms with Crippen LogP contribution in [0.15, 0.2) is 0 Å². The van der Waals surface area contributed by atoms with Gasteiger partial charge in [0.1, 0.15) is 6.04 Å². The standard InChI is InChI=1S/C15H24N2O2/c1-15(2)7-5-11(6-8-15)17-9-12(18)16-13(14(17)19)10-3-4-10/h10-11,13H,3-9H2,1-2H3,(H,16,18). The minimum atomic E-state index is -0.226. The van der Waals surface area contributed by atoms with Crippen molar-refractivity contribution >= 4 is 11.8 Å². The summed E-state index contributed by atoms with van der Waals surface area (Å²) < 4.78 is 0. The van der Waals surface area contributed by atoms with Gasteiger partial charge in [-0.2, -0.15) is 0 Å². The number of rotatable bonds is 2. The first-order chi connectivity index (χ1) is 8.96. The molecule has 0 aromatic heterocycles. The molecule has 4 heteroatoms. The van der Waals surface area contributed by atoms with Gasteiger partial charge in [-0.1, -0.05) is 13.8 Å². The fourth-order valence-corrected chi connectivity index (χ4v) is 3.45. The van der Waals surface area contributed by atoms with E-state index in [2.05, 4.69) is 19.2 Å². The summed E-state index contributed by atoms with van der Waals surface area (Å²) in [7, 11) is 0. The highest BCUT2D eigenvalue weighted by atomic mass is 16.2. The molecule has 1 aliphatic heterocycles.